The Balaban J connectivity index is 1.85. The number of carbonyl (C=O) groups is 2. The predicted molar refractivity (Wildman–Crippen MR) is 90.3 cm³/mol. The quantitative estimate of drug-likeness (QED) is 0.838. The molecule has 24 heavy (non-hydrogen) atoms. The van der Waals surface area contributed by atoms with Crippen LogP contribution in [0.3, 0.4) is 0 Å². The zero-order valence-corrected chi connectivity index (χ0v) is 13.9. The number of halogens is 1. The van der Waals surface area contributed by atoms with Crippen LogP contribution in [0.4, 0.5) is 4.79 Å². The lowest BCUT2D eigenvalue weighted by molar-refractivity contribution is -0.131. The summed E-state index contributed by atoms with van der Waals surface area (Å²) in [5, 5.41) is 12.3. The molecular weight excluding hydrogens is 328 g/mol. The minimum atomic E-state index is -1.13. The molecule has 2 aromatic carbocycles. The van der Waals surface area contributed by atoms with Gasteiger partial charge in [0.05, 0.1) is 13.2 Å². The summed E-state index contributed by atoms with van der Waals surface area (Å²) >= 11 is 6.01. The standard InChI is InChI=1S/C18H17ClN2O3/c1-18(14-3-2-4-15(19)9-14)16(23)21(17(24)20-18)10-12-5-7-13(11-22)8-6-12/h2-9,22H,10-11H2,1H3,(H,20,24). The molecule has 2 N–H and O–H groups in total. The van der Waals surface area contributed by atoms with Crippen molar-refractivity contribution in [2.75, 3.05) is 0 Å². The van der Waals surface area contributed by atoms with E-state index in [1.165, 1.54) is 4.90 Å². The summed E-state index contributed by atoms with van der Waals surface area (Å²) in [7, 11) is 0. The first-order chi connectivity index (χ1) is 11.4. The van der Waals surface area contributed by atoms with Crippen molar-refractivity contribution in [3.8, 4) is 0 Å². The first kappa shape index (κ1) is 16.5. The van der Waals surface area contributed by atoms with Crippen LogP contribution in [0.25, 0.3) is 0 Å². The summed E-state index contributed by atoms with van der Waals surface area (Å²) in [6.45, 7) is 1.80. The summed E-state index contributed by atoms with van der Waals surface area (Å²) in [4.78, 5) is 26.3. The number of rotatable bonds is 4. The van der Waals surface area contributed by atoms with Crippen LogP contribution in [0.2, 0.25) is 5.02 Å². The van der Waals surface area contributed by atoms with Crippen molar-refractivity contribution in [1.82, 2.24) is 10.2 Å². The molecule has 1 aliphatic rings. The van der Waals surface area contributed by atoms with Crippen LogP contribution in [-0.2, 0) is 23.5 Å². The van der Waals surface area contributed by atoms with Crippen LogP contribution in [0.5, 0.6) is 0 Å². The van der Waals surface area contributed by atoms with E-state index < -0.39 is 11.6 Å². The Kier molecular flexibility index (Phi) is 4.30. The van der Waals surface area contributed by atoms with Gasteiger partial charge in [-0.25, -0.2) is 4.79 Å². The summed E-state index contributed by atoms with van der Waals surface area (Å²) in [5.41, 5.74) is 1.10. The van der Waals surface area contributed by atoms with Crippen molar-refractivity contribution in [2.24, 2.45) is 0 Å². The lowest BCUT2D eigenvalue weighted by Crippen LogP contribution is -2.40. The monoisotopic (exact) mass is 344 g/mol. The zero-order valence-electron chi connectivity index (χ0n) is 13.1. The van der Waals surface area contributed by atoms with Gasteiger partial charge in [-0.1, -0.05) is 48.0 Å². The first-order valence-corrected chi connectivity index (χ1v) is 7.90. The highest BCUT2D eigenvalue weighted by Gasteiger charge is 2.48. The molecular formula is C18H17ClN2O3. The van der Waals surface area contributed by atoms with E-state index in [-0.39, 0.29) is 19.1 Å². The summed E-state index contributed by atoms with van der Waals surface area (Å²) < 4.78 is 0. The second-order valence-corrected chi connectivity index (χ2v) is 6.37. The molecule has 0 bridgehead atoms. The number of carbonyl (C=O) groups excluding carboxylic acids is 2. The summed E-state index contributed by atoms with van der Waals surface area (Å²) in [5.74, 6) is -0.319. The molecule has 1 fully saturated rings. The van der Waals surface area contributed by atoms with Crippen molar-refractivity contribution < 1.29 is 14.7 Å². The Bertz CT molecular complexity index is 791. The molecule has 1 unspecified atom stereocenters. The number of imide groups is 1. The average Bonchev–Trinajstić information content (AvgIpc) is 2.80. The fraction of sp³-hybridized carbons (Fsp3) is 0.222. The van der Waals surface area contributed by atoms with Gasteiger partial charge >= 0.3 is 6.03 Å². The van der Waals surface area contributed by atoms with Crippen LogP contribution in [0.15, 0.2) is 48.5 Å². The van der Waals surface area contributed by atoms with E-state index >= 15 is 0 Å². The molecule has 3 rings (SSSR count). The van der Waals surface area contributed by atoms with Gasteiger partial charge in [0, 0.05) is 5.02 Å². The number of urea groups is 1. The van der Waals surface area contributed by atoms with Gasteiger partial charge in [0.15, 0.2) is 0 Å². The Morgan fingerprint density at radius 1 is 1.12 bits per heavy atom. The maximum absolute atomic E-state index is 12.8. The number of hydrogen-bond donors (Lipinski definition) is 2. The Morgan fingerprint density at radius 2 is 1.79 bits per heavy atom. The molecule has 5 nitrogen and oxygen atoms in total. The van der Waals surface area contributed by atoms with Crippen molar-refractivity contribution in [2.45, 2.75) is 25.6 Å². The van der Waals surface area contributed by atoms with Gasteiger partial charge in [-0.15, -0.1) is 0 Å². The van der Waals surface area contributed by atoms with Gasteiger partial charge in [-0.3, -0.25) is 9.69 Å². The van der Waals surface area contributed by atoms with E-state index in [1.54, 1.807) is 55.5 Å². The molecule has 1 atom stereocenters. The normalized spacial score (nSPS) is 20.4. The molecule has 0 spiro atoms. The number of nitrogens with one attached hydrogen (secondary N) is 1. The second-order valence-electron chi connectivity index (χ2n) is 5.93. The third-order valence-electron chi connectivity index (χ3n) is 4.22. The van der Waals surface area contributed by atoms with Crippen LogP contribution >= 0.6 is 11.6 Å². The third kappa shape index (κ3) is 2.88. The fourth-order valence-electron chi connectivity index (χ4n) is 2.77. The zero-order chi connectivity index (χ0) is 17.3. The molecule has 1 heterocycles. The van der Waals surface area contributed by atoms with E-state index in [0.717, 1.165) is 11.1 Å². The molecule has 124 valence electrons. The highest BCUT2D eigenvalue weighted by atomic mass is 35.5. The van der Waals surface area contributed by atoms with E-state index in [0.29, 0.717) is 10.6 Å². The molecule has 0 radical (unpaired) electrons. The van der Waals surface area contributed by atoms with Crippen molar-refractivity contribution in [1.29, 1.82) is 0 Å². The topological polar surface area (TPSA) is 69.6 Å². The molecule has 1 saturated heterocycles. The van der Waals surface area contributed by atoms with Crippen LogP contribution in [0.1, 0.15) is 23.6 Å². The van der Waals surface area contributed by atoms with Gasteiger partial charge in [-0.2, -0.15) is 0 Å². The number of benzene rings is 2. The van der Waals surface area contributed by atoms with Gasteiger partial charge in [0.1, 0.15) is 5.54 Å². The van der Waals surface area contributed by atoms with E-state index in [1.807, 2.05) is 0 Å². The summed E-state index contributed by atoms with van der Waals surface area (Å²) in [6.07, 6.45) is 0. The Morgan fingerprint density at radius 3 is 2.42 bits per heavy atom. The van der Waals surface area contributed by atoms with Crippen molar-refractivity contribution >= 4 is 23.5 Å². The average molecular weight is 345 g/mol. The van der Waals surface area contributed by atoms with E-state index in [9.17, 15) is 9.59 Å². The predicted octanol–water partition coefficient (Wildman–Crippen LogP) is 2.80. The second kappa shape index (κ2) is 6.26. The lowest BCUT2D eigenvalue weighted by Gasteiger charge is -2.22. The van der Waals surface area contributed by atoms with Crippen molar-refractivity contribution in [3.05, 3.63) is 70.2 Å². The van der Waals surface area contributed by atoms with Gasteiger partial charge in [0.25, 0.3) is 5.91 Å². The fourth-order valence-corrected chi connectivity index (χ4v) is 2.96. The van der Waals surface area contributed by atoms with Crippen LogP contribution in [-0.4, -0.2) is 21.9 Å². The largest absolute Gasteiger partial charge is 0.392 e. The first-order valence-electron chi connectivity index (χ1n) is 7.53. The van der Waals surface area contributed by atoms with E-state index in [4.69, 9.17) is 16.7 Å². The number of amides is 3. The summed E-state index contributed by atoms with van der Waals surface area (Å²) in [6, 6.07) is 13.6. The van der Waals surface area contributed by atoms with Gasteiger partial charge in [-0.05, 0) is 35.7 Å². The smallest absolute Gasteiger partial charge is 0.325 e. The molecule has 1 aliphatic heterocycles. The van der Waals surface area contributed by atoms with Crippen LogP contribution in [0, 0.1) is 0 Å². The highest BCUT2D eigenvalue weighted by molar-refractivity contribution is 6.30. The lowest BCUT2D eigenvalue weighted by atomic mass is 9.92. The minimum Gasteiger partial charge on any atom is -0.392 e. The van der Waals surface area contributed by atoms with Gasteiger partial charge in [0.2, 0.25) is 0 Å². The third-order valence-corrected chi connectivity index (χ3v) is 4.46. The highest BCUT2D eigenvalue weighted by Crippen LogP contribution is 2.31. The minimum absolute atomic E-state index is 0.0454. The number of aliphatic hydroxyl groups is 1. The molecule has 0 aliphatic carbocycles. The Labute approximate surface area is 144 Å². The Hall–Kier alpha value is -2.37. The molecule has 0 saturated carbocycles. The number of hydrogen-bond acceptors (Lipinski definition) is 3. The SMILES string of the molecule is CC1(c2cccc(Cl)c2)NC(=O)N(Cc2ccc(CO)cc2)C1=O. The van der Waals surface area contributed by atoms with Crippen LogP contribution < -0.4 is 5.32 Å². The maximum atomic E-state index is 12.8. The molecule has 2 aromatic rings. The maximum Gasteiger partial charge on any atom is 0.325 e. The molecule has 0 aromatic heterocycles. The number of aliphatic hydroxyl groups excluding tert-OH is 1. The number of nitrogens with zero attached hydrogens (tertiary/aromatic N) is 1. The van der Waals surface area contributed by atoms with E-state index in [2.05, 4.69) is 5.32 Å². The molecule has 3 amide bonds. The van der Waals surface area contributed by atoms with Crippen molar-refractivity contribution in [3.63, 3.8) is 0 Å². The molecule has 6 heteroatoms. The van der Waals surface area contributed by atoms with Gasteiger partial charge < -0.3 is 10.4 Å².